The summed E-state index contributed by atoms with van der Waals surface area (Å²) in [5, 5.41) is 22.2. The number of furan rings is 1. The largest absolute Gasteiger partial charge is 0.456 e. The van der Waals surface area contributed by atoms with Crippen molar-refractivity contribution >= 4 is 108 Å². The van der Waals surface area contributed by atoms with Crippen LogP contribution in [-0.2, 0) is 0 Å². The number of benzene rings is 13. The Morgan fingerprint density at radius 3 is 1.35 bits per heavy atom. The molecule has 14 rings (SSSR count). The summed E-state index contributed by atoms with van der Waals surface area (Å²) in [7, 11) is 0. The highest BCUT2D eigenvalue weighted by Gasteiger charge is 2.21. The maximum atomic E-state index is 6.62. The fourth-order valence-corrected chi connectivity index (χ4v) is 11.1. The fraction of sp³-hybridized carbons (Fsp3) is 0. The van der Waals surface area contributed by atoms with E-state index < -0.39 is 0 Å². The highest BCUT2D eigenvalue weighted by molar-refractivity contribution is 6.31. The molecule has 0 atom stereocenters. The number of hydrogen-bond acceptors (Lipinski definition) is 1. The zero-order valence-electron chi connectivity index (χ0n) is 34.2. The van der Waals surface area contributed by atoms with E-state index in [9.17, 15) is 0 Å². The van der Waals surface area contributed by atoms with Gasteiger partial charge in [0.25, 0.3) is 0 Å². The minimum Gasteiger partial charge on any atom is -0.456 e. The molecule has 0 fully saturated rings. The van der Waals surface area contributed by atoms with Crippen LogP contribution in [0.5, 0.6) is 0 Å². The third-order valence-corrected chi connectivity index (χ3v) is 13.8. The van der Waals surface area contributed by atoms with Gasteiger partial charge in [-0.1, -0.05) is 194 Å². The number of rotatable bonds is 3. The van der Waals surface area contributed by atoms with E-state index in [4.69, 9.17) is 4.42 Å². The van der Waals surface area contributed by atoms with Gasteiger partial charge in [-0.05, 0) is 144 Å². The molecule has 0 aliphatic carbocycles. The van der Waals surface area contributed by atoms with Gasteiger partial charge in [-0.2, -0.15) is 0 Å². The zero-order chi connectivity index (χ0) is 41.2. The minimum absolute atomic E-state index is 0.918. The molecule has 0 N–H and O–H groups in total. The lowest BCUT2D eigenvalue weighted by Crippen LogP contribution is -1.93. The molecule has 63 heavy (non-hydrogen) atoms. The molecule has 0 saturated carbocycles. The predicted molar refractivity (Wildman–Crippen MR) is 270 cm³/mol. The molecule has 0 aliphatic rings. The standard InChI is InChI=1S/C62H36O/c1-3-17-40-37(14-1)16-13-27-48(40)60-49-23-9-11-25-51(49)61(52-26-12-10-24-50(52)60)53-32-31-41(43-19-5-6-20-44(43)53)39-28-30-47-54(34-39)45-21-7-8-22-46(45)55-35-57-59(36-56(47)55)63-58-33-29-38-15-2-4-18-42(38)62(57)58/h1-36H. The molecule has 290 valence electrons. The molecule has 0 aliphatic heterocycles. The van der Waals surface area contributed by atoms with Gasteiger partial charge < -0.3 is 4.42 Å². The monoisotopic (exact) mass is 796 g/mol. The van der Waals surface area contributed by atoms with Gasteiger partial charge in [0.05, 0.1) is 0 Å². The minimum atomic E-state index is 0.918. The molecule has 1 aromatic heterocycles. The Labute approximate surface area is 362 Å². The maximum Gasteiger partial charge on any atom is 0.136 e. The fourth-order valence-electron chi connectivity index (χ4n) is 11.1. The van der Waals surface area contributed by atoms with E-state index in [0.717, 1.165) is 16.6 Å². The van der Waals surface area contributed by atoms with Crippen LogP contribution in [0.25, 0.3) is 141 Å². The van der Waals surface area contributed by atoms with Crippen molar-refractivity contribution in [1.82, 2.24) is 0 Å². The van der Waals surface area contributed by atoms with Crippen LogP contribution in [0, 0.1) is 0 Å². The van der Waals surface area contributed by atoms with Crippen molar-refractivity contribution in [3.05, 3.63) is 218 Å². The topological polar surface area (TPSA) is 13.1 Å². The van der Waals surface area contributed by atoms with Crippen molar-refractivity contribution < 1.29 is 4.42 Å². The Morgan fingerprint density at radius 1 is 0.222 bits per heavy atom. The summed E-state index contributed by atoms with van der Waals surface area (Å²) >= 11 is 0. The van der Waals surface area contributed by atoms with Gasteiger partial charge in [-0.3, -0.25) is 0 Å². The number of hydrogen-bond donors (Lipinski definition) is 0. The van der Waals surface area contributed by atoms with Crippen LogP contribution in [0.15, 0.2) is 223 Å². The smallest absolute Gasteiger partial charge is 0.136 e. The predicted octanol–water partition coefficient (Wildman–Crippen LogP) is 17.8. The van der Waals surface area contributed by atoms with Gasteiger partial charge >= 0.3 is 0 Å². The van der Waals surface area contributed by atoms with Crippen molar-refractivity contribution in [2.24, 2.45) is 0 Å². The van der Waals surface area contributed by atoms with Gasteiger partial charge in [0.1, 0.15) is 11.2 Å². The average Bonchev–Trinajstić information content (AvgIpc) is 3.73. The SMILES string of the molecule is c1ccc2c(-c3c4ccccc4c(-c4ccc(-c5ccc6c(c5)c5ccccc5c5cc7c(cc65)oc5ccc6ccccc6c57)c5ccccc45)c4ccccc34)cccc2c1. The van der Waals surface area contributed by atoms with Crippen molar-refractivity contribution in [2.75, 3.05) is 0 Å². The van der Waals surface area contributed by atoms with Gasteiger partial charge in [0.15, 0.2) is 0 Å². The van der Waals surface area contributed by atoms with Crippen LogP contribution in [-0.4, -0.2) is 0 Å². The van der Waals surface area contributed by atoms with Crippen LogP contribution < -0.4 is 0 Å². The summed E-state index contributed by atoms with van der Waals surface area (Å²) in [6.45, 7) is 0. The molecule has 1 heteroatoms. The molecule has 0 bridgehead atoms. The second-order valence-electron chi connectivity index (χ2n) is 17.0. The molecule has 1 heterocycles. The van der Waals surface area contributed by atoms with Gasteiger partial charge in [-0.15, -0.1) is 0 Å². The Bertz CT molecular complexity index is 4200. The van der Waals surface area contributed by atoms with Crippen molar-refractivity contribution in [3.63, 3.8) is 0 Å². The van der Waals surface area contributed by atoms with Crippen LogP contribution in [0.2, 0.25) is 0 Å². The Morgan fingerprint density at radius 2 is 0.683 bits per heavy atom. The van der Waals surface area contributed by atoms with Crippen LogP contribution >= 0.6 is 0 Å². The summed E-state index contributed by atoms with van der Waals surface area (Å²) in [4.78, 5) is 0. The van der Waals surface area contributed by atoms with Crippen LogP contribution in [0.3, 0.4) is 0 Å². The van der Waals surface area contributed by atoms with Crippen molar-refractivity contribution in [2.45, 2.75) is 0 Å². The highest BCUT2D eigenvalue weighted by atomic mass is 16.3. The van der Waals surface area contributed by atoms with E-state index in [0.29, 0.717) is 0 Å². The van der Waals surface area contributed by atoms with E-state index in [2.05, 4.69) is 218 Å². The van der Waals surface area contributed by atoms with E-state index in [1.165, 1.54) is 125 Å². The first-order chi connectivity index (χ1) is 31.3. The van der Waals surface area contributed by atoms with E-state index in [-0.39, 0.29) is 0 Å². The lowest BCUT2D eigenvalue weighted by atomic mass is 9.83. The Balaban J connectivity index is 0.997. The van der Waals surface area contributed by atoms with E-state index in [1.54, 1.807) is 0 Å². The average molecular weight is 797 g/mol. The molecular weight excluding hydrogens is 761 g/mol. The van der Waals surface area contributed by atoms with E-state index >= 15 is 0 Å². The molecule has 0 radical (unpaired) electrons. The van der Waals surface area contributed by atoms with Gasteiger partial charge in [0, 0.05) is 10.8 Å². The molecule has 14 aromatic rings. The maximum absolute atomic E-state index is 6.62. The van der Waals surface area contributed by atoms with Crippen molar-refractivity contribution in [3.8, 4) is 33.4 Å². The van der Waals surface area contributed by atoms with Crippen molar-refractivity contribution in [1.29, 1.82) is 0 Å². The first kappa shape index (κ1) is 34.5. The summed E-state index contributed by atoms with van der Waals surface area (Å²) in [5.41, 5.74) is 9.33. The lowest BCUT2D eigenvalue weighted by molar-refractivity contribution is 0.670. The second-order valence-corrected chi connectivity index (χ2v) is 17.0. The quantitative estimate of drug-likeness (QED) is 0.128. The number of fused-ring (bicyclic) bond motifs is 15. The Hall–Kier alpha value is -8.26. The van der Waals surface area contributed by atoms with Crippen LogP contribution in [0.4, 0.5) is 0 Å². The van der Waals surface area contributed by atoms with Crippen LogP contribution in [0.1, 0.15) is 0 Å². The summed E-state index contributed by atoms with van der Waals surface area (Å²) in [6.07, 6.45) is 0. The van der Waals surface area contributed by atoms with E-state index in [1.807, 2.05) is 0 Å². The summed E-state index contributed by atoms with van der Waals surface area (Å²) < 4.78 is 6.62. The zero-order valence-corrected chi connectivity index (χ0v) is 34.2. The third kappa shape index (κ3) is 4.93. The molecule has 0 unspecified atom stereocenters. The second kappa shape index (κ2) is 13.1. The van der Waals surface area contributed by atoms with Gasteiger partial charge in [0.2, 0.25) is 0 Å². The molecule has 1 nitrogen and oxygen atoms in total. The normalized spacial score (nSPS) is 12.1. The molecule has 0 spiro atoms. The lowest BCUT2D eigenvalue weighted by Gasteiger charge is -2.20. The summed E-state index contributed by atoms with van der Waals surface area (Å²) in [6, 6.07) is 80.6. The molecule has 0 saturated heterocycles. The highest BCUT2D eigenvalue weighted by Crippen LogP contribution is 2.48. The molecular formula is C62H36O. The summed E-state index contributed by atoms with van der Waals surface area (Å²) in [5.74, 6) is 0. The third-order valence-electron chi connectivity index (χ3n) is 13.8. The first-order valence-electron chi connectivity index (χ1n) is 21.8. The van der Waals surface area contributed by atoms with Gasteiger partial charge in [-0.25, -0.2) is 0 Å². The molecule has 13 aromatic carbocycles. The Kier molecular flexibility index (Phi) is 7.17. The molecule has 0 amide bonds. The first-order valence-corrected chi connectivity index (χ1v) is 21.8.